The molecular weight excluding hydrogens is 302 g/mol. The summed E-state index contributed by atoms with van der Waals surface area (Å²) in [4.78, 5) is 12.0. The normalized spacial score (nSPS) is 11.2. The second-order valence-electron chi connectivity index (χ2n) is 6.74. The molecule has 0 aliphatic carbocycles. The largest absolute Gasteiger partial charge is 0.484 e. The minimum absolute atomic E-state index is 0.0244. The van der Waals surface area contributed by atoms with Gasteiger partial charge in [0.15, 0.2) is 6.61 Å². The Balaban J connectivity index is 1.88. The van der Waals surface area contributed by atoms with E-state index in [0.717, 1.165) is 11.3 Å². The van der Waals surface area contributed by atoms with Gasteiger partial charge in [-0.3, -0.25) is 4.79 Å². The SMILES string of the molecule is COCc1cccc(NC(=O)COc2ccc(C(C)(C)C)cc2)c1. The van der Waals surface area contributed by atoms with Gasteiger partial charge in [0.25, 0.3) is 5.91 Å². The van der Waals surface area contributed by atoms with E-state index in [-0.39, 0.29) is 17.9 Å². The number of carbonyl (C=O) groups is 1. The van der Waals surface area contributed by atoms with E-state index in [0.29, 0.717) is 12.4 Å². The zero-order valence-electron chi connectivity index (χ0n) is 14.8. The smallest absolute Gasteiger partial charge is 0.262 e. The van der Waals surface area contributed by atoms with Crippen molar-refractivity contribution in [3.05, 3.63) is 59.7 Å². The number of benzene rings is 2. The number of amides is 1. The Labute approximate surface area is 143 Å². The molecule has 0 saturated heterocycles. The summed E-state index contributed by atoms with van der Waals surface area (Å²) >= 11 is 0. The number of nitrogens with one attached hydrogen (secondary N) is 1. The average Bonchev–Trinajstić information content (AvgIpc) is 2.53. The van der Waals surface area contributed by atoms with E-state index in [4.69, 9.17) is 9.47 Å². The van der Waals surface area contributed by atoms with Crippen LogP contribution in [0.1, 0.15) is 31.9 Å². The van der Waals surface area contributed by atoms with E-state index >= 15 is 0 Å². The van der Waals surface area contributed by atoms with Gasteiger partial charge in [-0.1, -0.05) is 45.0 Å². The van der Waals surface area contributed by atoms with Gasteiger partial charge < -0.3 is 14.8 Å². The van der Waals surface area contributed by atoms with Crippen molar-refractivity contribution in [1.82, 2.24) is 0 Å². The maximum atomic E-state index is 12.0. The van der Waals surface area contributed by atoms with Crippen LogP contribution in [-0.2, 0) is 21.6 Å². The van der Waals surface area contributed by atoms with Crippen molar-refractivity contribution in [2.24, 2.45) is 0 Å². The monoisotopic (exact) mass is 327 g/mol. The molecular formula is C20H25NO3. The third kappa shape index (κ3) is 5.39. The Morgan fingerprint density at radius 3 is 2.42 bits per heavy atom. The average molecular weight is 327 g/mol. The summed E-state index contributed by atoms with van der Waals surface area (Å²) < 4.78 is 10.6. The first-order valence-electron chi connectivity index (χ1n) is 7.99. The van der Waals surface area contributed by atoms with Crippen LogP contribution < -0.4 is 10.1 Å². The minimum Gasteiger partial charge on any atom is -0.484 e. The van der Waals surface area contributed by atoms with Gasteiger partial charge in [-0.25, -0.2) is 0 Å². The second kappa shape index (κ2) is 7.97. The molecule has 0 aliphatic heterocycles. The lowest BCUT2D eigenvalue weighted by molar-refractivity contribution is -0.118. The number of carbonyl (C=O) groups excluding carboxylic acids is 1. The maximum absolute atomic E-state index is 12.0. The van der Waals surface area contributed by atoms with E-state index in [1.54, 1.807) is 7.11 Å². The molecule has 0 aliphatic rings. The molecule has 0 unspecified atom stereocenters. The van der Waals surface area contributed by atoms with Gasteiger partial charge in [0.1, 0.15) is 5.75 Å². The van der Waals surface area contributed by atoms with Crippen LogP contribution >= 0.6 is 0 Å². The fourth-order valence-corrected chi connectivity index (χ4v) is 2.30. The molecule has 0 radical (unpaired) electrons. The third-order valence-electron chi connectivity index (χ3n) is 3.61. The third-order valence-corrected chi connectivity index (χ3v) is 3.61. The number of methoxy groups -OCH3 is 1. The highest BCUT2D eigenvalue weighted by molar-refractivity contribution is 5.91. The van der Waals surface area contributed by atoms with Crippen LogP contribution in [0.15, 0.2) is 48.5 Å². The Hall–Kier alpha value is -2.33. The molecule has 0 spiro atoms. The van der Waals surface area contributed by atoms with Crippen LogP contribution in [0.25, 0.3) is 0 Å². The van der Waals surface area contributed by atoms with Gasteiger partial charge >= 0.3 is 0 Å². The lowest BCUT2D eigenvalue weighted by Crippen LogP contribution is -2.20. The van der Waals surface area contributed by atoms with Crippen molar-refractivity contribution >= 4 is 11.6 Å². The number of anilines is 1. The highest BCUT2D eigenvalue weighted by Gasteiger charge is 2.13. The summed E-state index contributed by atoms with van der Waals surface area (Å²) in [5.41, 5.74) is 3.08. The van der Waals surface area contributed by atoms with E-state index in [1.807, 2.05) is 48.5 Å². The van der Waals surface area contributed by atoms with Crippen LogP contribution in [0.4, 0.5) is 5.69 Å². The molecule has 2 aromatic rings. The van der Waals surface area contributed by atoms with Crippen molar-refractivity contribution in [1.29, 1.82) is 0 Å². The number of hydrogen-bond acceptors (Lipinski definition) is 3. The van der Waals surface area contributed by atoms with Gasteiger partial charge in [-0.15, -0.1) is 0 Å². The van der Waals surface area contributed by atoms with Crippen LogP contribution in [0.3, 0.4) is 0 Å². The molecule has 1 N–H and O–H groups in total. The molecule has 2 rings (SSSR count). The Kier molecular flexibility index (Phi) is 5.99. The molecule has 2 aromatic carbocycles. The minimum atomic E-state index is -0.190. The zero-order chi connectivity index (χ0) is 17.6. The van der Waals surface area contributed by atoms with Gasteiger partial charge in [0.2, 0.25) is 0 Å². The van der Waals surface area contributed by atoms with Crippen LogP contribution in [-0.4, -0.2) is 19.6 Å². The zero-order valence-corrected chi connectivity index (χ0v) is 14.8. The maximum Gasteiger partial charge on any atom is 0.262 e. The van der Waals surface area contributed by atoms with Crippen molar-refractivity contribution in [2.45, 2.75) is 32.8 Å². The second-order valence-corrected chi connectivity index (χ2v) is 6.74. The summed E-state index contributed by atoms with van der Waals surface area (Å²) in [5.74, 6) is 0.496. The fraction of sp³-hybridized carbons (Fsp3) is 0.350. The summed E-state index contributed by atoms with van der Waals surface area (Å²) in [6.07, 6.45) is 0. The van der Waals surface area contributed by atoms with E-state index in [9.17, 15) is 4.79 Å². The van der Waals surface area contributed by atoms with Gasteiger partial charge in [0.05, 0.1) is 6.61 Å². The highest BCUT2D eigenvalue weighted by atomic mass is 16.5. The summed E-state index contributed by atoms with van der Waals surface area (Å²) in [6, 6.07) is 15.4. The topological polar surface area (TPSA) is 47.6 Å². The van der Waals surface area contributed by atoms with Crippen LogP contribution in [0.2, 0.25) is 0 Å². The lowest BCUT2D eigenvalue weighted by atomic mass is 9.87. The Morgan fingerprint density at radius 2 is 1.79 bits per heavy atom. The van der Waals surface area contributed by atoms with Crippen molar-refractivity contribution in [3.63, 3.8) is 0 Å². The highest BCUT2D eigenvalue weighted by Crippen LogP contribution is 2.24. The van der Waals surface area contributed by atoms with Gasteiger partial charge in [0, 0.05) is 12.8 Å². The fourth-order valence-electron chi connectivity index (χ4n) is 2.30. The van der Waals surface area contributed by atoms with Crippen LogP contribution in [0, 0.1) is 0 Å². The Bertz CT molecular complexity index is 672. The van der Waals surface area contributed by atoms with E-state index < -0.39 is 0 Å². The van der Waals surface area contributed by atoms with Crippen LogP contribution in [0.5, 0.6) is 5.75 Å². The molecule has 0 bridgehead atoms. The van der Waals surface area contributed by atoms with Crippen molar-refractivity contribution in [3.8, 4) is 5.75 Å². The first-order valence-corrected chi connectivity index (χ1v) is 7.99. The summed E-state index contributed by atoms with van der Waals surface area (Å²) in [7, 11) is 1.64. The van der Waals surface area contributed by atoms with Gasteiger partial charge in [-0.2, -0.15) is 0 Å². The molecule has 0 heterocycles. The predicted octanol–water partition coefficient (Wildman–Crippen LogP) is 4.15. The first kappa shape index (κ1) is 18.0. The molecule has 0 aromatic heterocycles. The number of hydrogen-bond donors (Lipinski definition) is 1. The standard InChI is InChI=1S/C20H25NO3/c1-20(2,3)16-8-10-18(11-9-16)24-14-19(22)21-17-7-5-6-15(12-17)13-23-4/h5-12H,13-14H2,1-4H3,(H,21,22). The van der Waals surface area contributed by atoms with E-state index in [1.165, 1.54) is 5.56 Å². The van der Waals surface area contributed by atoms with Gasteiger partial charge in [-0.05, 0) is 40.8 Å². The molecule has 0 fully saturated rings. The lowest BCUT2D eigenvalue weighted by Gasteiger charge is -2.19. The molecule has 24 heavy (non-hydrogen) atoms. The number of rotatable bonds is 6. The van der Waals surface area contributed by atoms with Crippen molar-refractivity contribution < 1.29 is 14.3 Å². The quantitative estimate of drug-likeness (QED) is 0.867. The molecule has 0 saturated carbocycles. The number of ether oxygens (including phenoxy) is 2. The molecule has 1 amide bonds. The predicted molar refractivity (Wildman–Crippen MR) is 96.4 cm³/mol. The summed E-state index contributed by atoms with van der Waals surface area (Å²) in [6.45, 7) is 6.97. The molecule has 128 valence electrons. The summed E-state index contributed by atoms with van der Waals surface area (Å²) in [5, 5.41) is 2.83. The molecule has 4 nitrogen and oxygen atoms in total. The van der Waals surface area contributed by atoms with Crippen molar-refractivity contribution in [2.75, 3.05) is 19.0 Å². The van der Waals surface area contributed by atoms with E-state index in [2.05, 4.69) is 26.1 Å². The Morgan fingerprint density at radius 1 is 1.08 bits per heavy atom. The first-order chi connectivity index (χ1) is 11.4. The molecule has 4 heteroatoms. The molecule has 0 atom stereocenters.